The lowest BCUT2D eigenvalue weighted by atomic mass is 9.86. The van der Waals surface area contributed by atoms with E-state index in [0.29, 0.717) is 5.92 Å². The number of hydrogen-bond acceptors (Lipinski definition) is 2. The monoisotopic (exact) mass is 257 g/mol. The van der Waals surface area contributed by atoms with Crippen LogP contribution in [0.5, 0.6) is 0 Å². The number of nitrogens with two attached hydrogens (primary N) is 1. The first-order valence-corrected chi connectivity index (χ1v) is 7.47. The quantitative estimate of drug-likeness (QED) is 0.812. The highest BCUT2D eigenvalue weighted by Gasteiger charge is 2.21. The molecule has 3 heteroatoms. The van der Waals surface area contributed by atoms with Gasteiger partial charge in [0.25, 0.3) is 0 Å². The van der Waals surface area contributed by atoms with Crippen molar-refractivity contribution in [3.8, 4) is 0 Å². The molecule has 1 fully saturated rings. The van der Waals surface area contributed by atoms with Gasteiger partial charge in [0, 0.05) is 10.9 Å². The normalized spacial score (nSPS) is 21.4. The molecule has 0 aromatic carbocycles. The largest absolute Gasteiger partial charge is 0.323 e. The Morgan fingerprint density at radius 3 is 2.31 bits per heavy atom. The van der Waals surface area contributed by atoms with Crippen molar-refractivity contribution >= 4 is 22.9 Å². The van der Waals surface area contributed by atoms with E-state index in [4.69, 9.17) is 17.3 Å². The van der Waals surface area contributed by atoms with Gasteiger partial charge in [-0.05, 0) is 30.9 Å². The molecule has 0 aliphatic heterocycles. The predicted molar refractivity (Wildman–Crippen MR) is 72.1 cm³/mol. The SMILES string of the molecule is NC(c1ccc(Cl)s1)C1CCCCCCC1. The second-order valence-electron chi connectivity index (χ2n) is 4.77. The molecule has 0 bridgehead atoms. The molecule has 0 amide bonds. The Morgan fingerprint density at radius 1 is 1.12 bits per heavy atom. The minimum absolute atomic E-state index is 0.204. The molecule has 1 aromatic rings. The van der Waals surface area contributed by atoms with Gasteiger partial charge in [0.15, 0.2) is 0 Å². The van der Waals surface area contributed by atoms with Gasteiger partial charge < -0.3 is 5.73 Å². The first kappa shape index (κ1) is 12.4. The molecule has 1 atom stereocenters. The Kier molecular flexibility index (Phi) is 4.68. The third-order valence-corrected chi connectivity index (χ3v) is 4.91. The molecular formula is C13H20ClNS. The fourth-order valence-electron chi connectivity index (χ4n) is 2.59. The summed E-state index contributed by atoms with van der Waals surface area (Å²) in [7, 11) is 0. The molecule has 0 spiro atoms. The third-order valence-electron chi connectivity index (χ3n) is 3.58. The summed E-state index contributed by atoms with van der Waals surface area (Å²) in [6.07, 6.45) is 9.44. The summed E-state index contributed by atoms with van der Waals surface area (Å²) >= 11 is 7.61. The standard InChI is InChI=1S/C13H20ClNS/c14-12-9-8-11(16-12)13(15)10-6-4-2-1-3-5-7-10/h8-10,13H,1-7,15H2. The highest BCUT2D eigenvalue weighted by atomic mass is 35.5. The molecule has 1 heterocycles. The van der Waals surface area contributed by atoms with E-state index in [2.05, 4.69) is 6.07 Å². The molecule has 1 unspecified atom stereocenters. The van der Waals surface area contributed by atoms with Crippen molar-refractivity contribution in [1.29, 1.82) is 0 Å². The second kappa shape index (κ2) is 6.04. The van der Waals surface area contributed by atoms with Gasteiger partial charge in [-0.2, -0.15) is 0 Å². The smallest absolute Gasteiger partial charge is 0.0931 e. The van der Waals surface area contributed by atoms with Crippen LogP contribution in [0.2, 0.25) is 4.34 Å². The van der Waals surface area contributed by atoms with Crippen LogP contribution in [0.1, 0.15) is 55.9 Å². The van der Waals surface area contributed by atoms with Crippen LogP contribution in [0.3, 0.4) is 0 Å². The summed E-state index contributed by atoms with van der Waals surface area (Å²) in [4.78, 5) is 1.26. The number of halogens is 1. The summed E-state index contributed by atoms with van der Waals surface area (Å²) < 4.78 is 0.858. The van der Waals surface area contributed by atoms with Crippen LogP contribution in [0, 0.1) is 5.92 Å². The van der Waals surface area contributed by atoms with Gasteiger partial charge in [-0.15, -0.1) is 11.3 Å². The Hall–Kier alpha value is -0.0500. The Labute approximate surface area is 107 Å². The van der Waals surface area contributed by atoms with Crippen molar-refractivity contribution in [3.05, 3.63) is 21.3 Å². The minimum Gasteiger partial charge on any atom is -0.323 e. The summed E-state index contributed by atoms with van der Waals surface area (Å²) in [6, 6.07) is 4.26. The Balaban J connectivity index is 1.98. The fourth-order valence-corrected chi connectivity index (χ4v) is 3.74. The molecule has 1 nitrogen and oxygen atoms in total. The lowest BCUT2D eigenvalue weighted by Gasteiger charge is -2.24. The molecule has 1 aromatic heterocycles. The first-order chi connectivity index (χ1) is 7.77. The Bertz CT molecular complexity index is 315. The van der Waals surface area contributed by atoms with E-state index in [0.717, 1.165) is 4.34 Å². The van der Waals surface area contributed by atoms with Crippen molar-refractivity contribution in [2.24, 2.45) is 11.7 Å². The van der Waals surface area contributed by atoms with Gasteiger partial charge in [0.1, 0.15) is 0 Å². The van der Waals surface area contributed by atoms with Crippen LogP contribution in [-0.4, -0.2) is 0 Å². The zero-order chi connectivity index (χ0) is 11.4. The molecule has 90 valence electrons. The van der Waals surface area contributed by atoms with Gasteiger partial charge in [-0.3, -0.25) is 0 Å². The van der Waals surface area contributed by atoms with E-state index in [1.54, 1.807) is 11.3 Å². The van der Waals surface area contributed by atoms with E-state index >= 15 is 0 Å². The number of hydrogen-bond donors (Lipinski definition) is 1. The van der Waals surface area contributed by atoms with Gasteiger partial charge >= 0.3 is 0 Å². The summed E-state index contributed by atoms with van der Waals surface area (Å²) in [6.45, 7) is 0. The molecule has 0 radical (unpaired) electrons. The molecule has 2 rings (SSSR count). The van der Waals surface area contributed by atoms with Crippen molar-refractivity contribution in [3.63, 3.8) is 0 Å². The molecular weight excluding hydrogens is 238 g/mol. The van der Waals surface area contributed by atoms with Crippen LogP contribution in [0.25, 0.3) is 0 Å². The van der Waals surface area contributed by atoms with Crippen LogP contribution in [0.15, 0.2) is 12.1 Å². The van der Waals surface area contributed by atoms with Crippen molar-refractivity contribution in [1.82, 2.24) is 0 Å². The van der Waals surface area contributed by atoms with Gasteiger partial charge in [-0.25, -0.2) is 0 Å². The van der Waals surface area contributed by atoms with E-state index in [1.807, 2.05) is 6.07 Å². The van der Waals surface area contributed by atoms with Gasteiger partial charge in [-0.1, -0.05) is 43.7 Å². The zero-order valence-corrected chi connectivity index (χ0v) is 11.2. The third kappa shape index (κ3) is 3.22. The van der Waals surface area contributed by atoms with Crippen LogP contribution in [0.4, 0.5) is 0 Å². The van der Waals surface area contributed by atoms with Crippen molar-refractivity contribution < 1.29 is 0 Å². The van der Waals surface area contributed by atoms with Gasteiger partial charge in [0.2, 0.25) is 0 Å². The van der Waals surface area contributed by atoms with Crippen LogP contribution in [-0.2, 0) is 0 Å². The predicted octanol–water partition coefficient (Wildman–Crippen LogP) is 4.76. The lowest BCUT2D eigenvalue weighted by Crippen LogP contribution is -2.21. The second-order valence-corrected chi connectivity index (χ2v) is 6.52. The molecule has 2 N–H and O–H groups in total. The van der Waals surface area contributed by atoms with E-state index < -0.39 is 0 Å². The average molecular weight is 258 g/mol. The van der Waals surface area contributed by atoms with E-state index in [1.165, 1.54) is 49.8 Å². The number of rotatable bonds is 2. The van der Waals surface area contributed by atoms with Crippen molar-refractivity contribution in [2.45, 2.75) is 51.0 Å². The molecule has 1 saturated carbocycles. The summed E-state index contributed by atoms with van der Waals surface area (Å²) in [5.41, 5.74) is 6.36. The van der Waals surface area contributed by atoms with Crippen LogP contribution < -0.4 is 5.73 Å². The fraction of sp³-hybridized carbons (Fsp3) is 0.692. The lowest BCUT2D eigenvalue weighted by molar-refractivity contribution is 0.330. The average Bonchev–Trinajstić information content (AvgIpc) is 2.63. The summed E-state index contributed by atoms with van der Waals surface area (Å²) in [5, 5.41) is 0. The maximum Gasteiger partial charge on any atom is 0.0931 e. The van der Waals surface area contributed by atoms with E-state index in [-0.39, 0.29) is 6.04 Å². The topological polar surface area (TPSA) is 26.0 Å². The van der Waals surface area contributed by atoms with Crippen molar-refractivity contribution in [2.75, 3.05) is 0 Å². The molecule has 16 heavy (non-hydrogen) atoms. The maximum atomic E-state index is 6.36. The highest BCUT2D eigenvalue weighted by Crippen LogP contribution is 2.35. The molecule has 0 saturated heterocycles. The molecule has 1 aliphatic rings. The molecule has 1 aliphatic carbocycles. The highest BCUT2D eigenvalue weighted by molar-refractivity contribution is 7.16. The maximum absolute atomic E-state index is 6.36. The van der Waals surface area contributed by atoms with E-state index in [9.17, 15) is 0 Å². The summed E-state index contributed by atoms with van der Waals surface area (Å²) in [5.74, 6) is 0.662. The van der Waals surface area contributed by atoms with Crippen LogP contribution >= 0.6 is 22.9 Å². The first-order valence-electron chi connectivity index (χ1n) is 6.28. The number of thiophene rings is 1. The Morgan fingerprint density at radius 2 is 1.75 bits per heavy atom. The minimum atomic E-state index is 0.204. The van der Waals surface area contributed by atoms with Gasteiger partial charge in [0.05, 0.1) is 4.34 Å². The zero-order valence-electron chi connectivity index (χ0n) is 9.62.